The fraction of sp³-hybridized carbons (Fsp3) is 0.333. The summed E-state index contributed by atoms with van der Waals surface area (Å²) in [5.74, 6) is 2.76. The van der Waals surface area contributed by atoms with Gasteiger partial charge in [-0.1, -0.05) is 6.07 Å². The third-order valence-corrected chi connectivity index (χ3v) is 6.00. The van der Waals surface area contributed by atoms with Crippen molar-refractivity contribution in [1.29, 1.82) is 0 Å². The molecule has 186 valence electrons. The molecular weight excluding hydrogens is 458 g/mol. The van der Waals surface area contributed by atoms with Crippen LogP contribution in [0.1, 0.15) is 29.9 Å². The molecule has 12 nitrogen and oxygen atoms in total. The van der Waals surface area contributed by atoms with Crippen LogP contribution in [0.5, 0.6) is 0 Å². The van der Waals surface area contributed by atoms with Gasteiger partial charge in [0.1, 0.15) is 5.82 Å². The van der Waals surface area contributed by atoms with Crippen molar-refractivity contribution in [1.82, 2.24) is 45.1 Å². The van der Waals surface area contributed by atoms with Crippen LogP contribution in [0.3, 0.4) is 0 Å². The molecular formula is C24H29N11O. The molecule has 1 aliphatic heterocycles. The maximum Gasteiger partial charge on any atom is 0.317 e. The van der Waals surface area contributed by atoms with E-state index in [9.17, 15) is 4.79 Å². The standard InChI is InChI=1S/C24H29N11O/c1-16-13-20(29-21-14-17(2)31-32-21)30-23(27-16)33-9-11-34(12-10-33)24(36)28-18(3)19-5-6-22(25-15-19)35-8-4-7-26-35/h4-8,13-15,18H,9-12H2,1-3H3,(H,28,36)(H2,27,29,30,31,32). The van der Waals surface area contributed by atoms with Gasteiger partial charge >= 0.3 is 6.03 Å². The minimum absolute atomic E-state index is 0.0975. The zero-order valence-electron chi connectivity index (χ0n) is 20.5. The monoisotopic (exact) mass is 487 g/mol. The van der Waals surface area contributed by atoms with Gasteiger partial charge in [-0.15, -0.1) is 0 Å². The molecule has 0 bridgehead atoms. The van der Waals surface area contributed by atoms with E-state index in [1.807, 2.05) is 62.2 Å². The second kappa shape index (κ2) is 10.0. The van der Waals surface area contributed by atoms with Crippen LogP contribution in [0, 0.1) is 13.8 Å². The van der Waals surface area contributed by atoms with E-state index < -0.39 is 0 Å². The molecule has 1 atom stereocenters. The maximum absolute atomic E-state index is 12.9. The molecule has 4 aromatic rings. The highest BCUT2D eigenvalue weighted by atomic mass is 16.2. The van der Waals surface area contributed by atoms with Gasteiger partial charge in [-0.3, -0.25) is 5.10 Å². The normalized spacial score (nSPS) is 14.5. The van der Waals surface area contributed by atoms with Gasteiger partial charge in [0, 0.05) is 68.3 Å². The van der Waals surface area contributed by atoms with Gasteiger partial charge in [-0.2, -0.15) is 15.2 Å². The van der Waals surface area contributed by atoms with Crippen LogP contribution in [0.25, 0.3) is 5.82 Å². The van der Waals surface area contributed by atoms with E-state index in [2.05, 4.69) is 45.8 Å². The lowest BCUT2D eigenvalue weighted by Gasteiger charge is -2.35. The highest BCUT2D eigenvalue weighted by Gasteiger charge is 2.24. The zero-order chi connectivity index (χ0) is 25.1. The number of anilines is 3. The number of aromatic nitrogens is 7. The first kappa shape index (κ1) is 23.3. The van der Waals surface area contributed by atoms with Gasteiger partial charge in [0.2, 0.25) is 5.95 Å². The smallest absolute Gasteiger partial charge is 0.317 e. The zero-order valence-corrected chi connectivity index (χ0v) is 20.5. The van der Waals surface area contributed by atoms with Gasteiger partial charge in [-0.25, -0.2) is 19.4 Å². The fourth-order valence-corrected chi connectivity index (χ4v) is 4.03. The van der Waals surface area contributed by atoms with Crippen LogP contribution in [0.15, 0.2) is 48.9 Å². The number of hydrogen-bond acceptors (Lipinski definition) is 8. The van der Waals surface area contributed by atoms with Crippen molar-refractivity contribution in [3.05, 3.63) is 65.9 Å². The lowest BCUT2D eigenvalue weighted by atomic mass is 10.1. The molecule has 1 fully saturated rings. The Bertz CT molecular complexity index is 1310. The summed E-state index contributed by atoms with van der Waals surface area (Å²) < 4.78 is 1.70. The number of carbonyl (C=O) groups is 1. The molecule has 1 unspecified atom stereocenters. The minimum Gasteiger partial charge on any atom is -0.337 e. The Morgan fingerprint density at radius 1 is 1.08 bits per heavy atom. The lowest BCUT2D eigenvalue weighted by molar-refractivity contribution is 0.191. The summed E-state index contributed by atoms with van der Waals surface area (Å²) in [6.07, 6.45) is 5.32. The average molecular weight is 488 g/mol. The number of nitrogens with zero attached hydrogens (tertiary/aromatic N) is 8. The Balaban J connectivity index is 1.16. The first-order valence-electron chi connectivity index (χ1n) is 11.9. The largest absolute Gasteiger partial charge is 0.337 e. The number of hydrogen-bond donors (Lipinski definition) is 3. The summed E-state index contributed by atoms with van der Waals surface area (Å²) in [6.45, 7) is 8.28. The molecule has 36 heavy (non-hydrogen) atoms. The van der Waals surface area contributed by atoms with Crippen LogP contribution in [-0.2, 0) is 0 Å². The van der Waals surface area contributed by atoms with E-state index >= 15 is 0 Å². The highest BCUT2D eigenvalue weighted by molar-refractivity contribution is 5.75. The molecule has 5 heterocycles. The minimum atomic E-state index is -0.172. The number of rotatable bonds is 6. The van der Waals surface area contributed by atoms with Crippen molar-refractivity contribution in [2.45, 2.75) is 26.8 Å². The number of urea groups is 1. The molecule has 0 saturated carbocycles. The van der Waals surface area contributed by atoms with Crippen LogP contribution in [0.4, 0.5) is 22.4 Å². The number of amides is 2. The van der Waals surface area contributed by atoms with Gasteiger partial charge in [0.15, 0.2) is 11.6 Å². The second-order valence-electron chi connectivity index (χ2n) is 8.80. The van der Waals surface area contributed by atoms with Crippen LogP contribution >= 0.6 is 0 Å². The molecule has 12 heteroatoms. The Hall–Kier alpha value is -4.48. The number of aromatic amines is 1. The molecule has 4 aromatic heterocycles. The summed E-state index contributed by atoms with van der Waals surface area (Å²) in [4.78, 5) is 30.5. The van der Waals surface area contributed by atoms with Crippen molar-refractivity contribution in [2.24, 2.45) is 0 Å². The quantitative estimate of drug-likeness (QED) is 0.378. The highest BCUT2D eigenvalue weighted by Crippen LogP contribution is 2.19. The first-order valence-corrected chi connectivity index (χ1v) is 11.9. The van der Waals surface area contributed by atoms with Crippen molar-refractivity contribution in [2.75, 3.05) is 36.4 Å². The maximum atomic E-state index is 12.9. The third kappa shape index (κ3) is 5.27. The molecule has 5 rings (SSSR count). The fourth-order valence-electron chi connectivity index (χ4n) is 4.03. The van der Waals surface area contributed by atoms with Crippen molar-refractivity contribution in [3.8, 4) is 5.82 Å². The Labute approximate surface area is 208 Å². The van der Waals surface area contributed by atoms with E-state index in [4.69, 9.17) is 0 Å². The summed E-state index contributed by atoms with van der Waals surface area (Å²) in [5, 5.41) is 17.6. The summed E-state index contributed by atoms with van der Waals surface area (Å²) >= 11 is 0. The van der Waals surface area contributed by atoms with Gasteiger partial charge < -0.3 is 20.4 Å². The van der Waals surface area contributed by atoms with E-state index in [1.165, 1.54) is 0 Å². The number of carbonyl (C=O) groups excluding carboxylic acids is 1. The Morgan fingerprint density at radius 2 is 1.92 bits per heavy atom. The van der Waals surface area contributed by atoms with Gasteiger partial charge in [0.05, 0.1) is 6.04 Å². The SMILES string of the molecule is Cc1cc(Nc2cc(C)[nH]n2)nc(N2CCN(C(=O)NC(C)c3ccc(-n4cccn4)nc3)CC2)n1. The van der Waals surface area contributed by atoms with Crippen molar-refractivity contribution >= 4 is 23.6 Å². The number of nitrogens with one attached hydrogen (secondary N) is 3. The number of H-pyrrole nitrogens is 1. The first-order chi connectivity index (χ1) is 17.4. The van der Waals surface area contributed by atoms with Crippen molar-refractivity contribution in [3.63, 3.8) is 0 Å². The second-order valence-corrected chi connectivity index (χ2v) is 8.80. The average Bonchev–Trinajstić information content (AvgIpc) is 3.56. The van der Waals surface area contributed by atoms with Crippen LogP contribution in [-0.4, -0.2) is 72.0 Å². The van der Waals surface area contributed by atoms with E-state index in [-0.39, 0.29) is 12.1 Å². The van der Waals surface area contributed by atoms with Crippen molar-refractivity contribution < 1.29 is 4.79 Å². The van der Waals surface area contributed by atoms with Crippen LogP contribution < -0.4 is 15.5 Å². The third-order valence-electron chi connectivity index (χ3n) is 6.00. The van der Waals surface area contributed by atoms with Gasteiger partial charge in [-0.05, 0) is 38.5 Å². The molecule has 0 aliphatic carbocycles. The summed E-state index contributed by atoms with van der Waals surface area (Å²) in [7, 11) is 0. The topological polar surface area (TPSA) is 133 Å². The molecule has 3 N–H and O–H groups in total. The lowest BCUT2D eigenvalue weighted by Crippen LogP contribution is -2.52. The molecule has 0 aromatic carbocycles. The molecule has 1 saturated heterocycles. The van der Waals surface area contributed by atoms with Gasteiger partial charge in [0.25, 0.3) is 0 Å². The Kier molecular flexibility index (Phi) is 6.48. The van der Waals surface area contributed by atoms with Crippen LogP contribution in [0.2, 0.25) is 0 Å². The molecule has 0 radical (unpaired) electrons. The number of pyridine rings is 1. The summed E-state index contributed by atoms with van der Waals surface area (Å²) in [6, 6.07) is 9.23. The van der Waals surface area contributed by atoms with E-state index in [1.54, 1.807) is 17.1 Å². The summed E-state index contributed by atoms with van der Waals surface area (Å²) in [5.41, 5.74) is 2.75. The van der Waals surface area contributed by atoms with E-state index in [0.717, 1.165) is 22.8 Å². The molecule has 1 aliphatic rings. The predicted octanol–water partition coefficient (Wildman–Crippen LogP) is 2.73. The predicted molar refractivity (Wildman–Crippen MR) is 135 cm³/mol. The molecule has 0 spiro atoms. The molecule has 2 amide bonds. The van der Waals surface area contributed by atoms with E-state index in [0.29, 0.717) is 43.8 Å². The Morgan fingerprint density at radius 3 is 2.58 bits per heavy atom. The number of aryl methyl sites for hydroxylation is 2. The number of piperazine rings is 1.